The highest BCUT2D eigenvalue weighted by Crippen LogP contribution is 2.20. The van der Waals surface area contributed by atoms with Gasteiger partial charge in [-0.05, 0) is 19.1 Å². The summed E-state index contributed by atoms with van der Waals surface area (Å²) in [4.78, 5) is 29.2. The Kier molecular flexibility index (Phi) is 5.72. The number of nitrogens with zero attached hydrogens (tertiary/aromatic N) is 4. The molecule has 0 saturated carbocycles. The normalized spacial score (nSPS) is 10.1. The molecule has 0 radical (unpaired) electrons. The molecular formula is C15H20N6O3. The third-order valence-corrected chi connectivity index (χ3v) is 2.99. The van der Waals surface area contributed by atoms with Crippen LogP contribution < -0.4 is 15.4 Å². The first-order chi connectivity index (χ1) is 11.5. The fourth-order valence-corrected chi connectivity index (χ4v) is 1.82. The van der Waals surface area contributed by atoms with E-state index in [0.717, 1.165) is 0 Å². The van der Waals surface area contributed by atoms with Gasteiger partial charge in [-0.2, -0.15) is 5.10 Å². The van der Waals surface area contributed by atoms with Crippen molar-refractivity contribution >= 4 is 23.3 Å². The molecule has 0 aromatic carbocycles. The van der Waals surface area contributed by atoms with Gasteiger partial charge in [-0.3, -0.25) is 9.48 Å². The Hall–Kier alpha value is -3.10. The maximum atomic E-state index is 12.1. The molecular weight excluding hydrogens is 312 g/mol. The molecule has 0 unspecified atom stereocenters. The van der Waals surface area contributed by atoms with E-state index < -0.39 is 6.03 Å². The van der Waals surface area contributed by atoms with Crippen molar-refractivity contribution in [2.45, 2.75) is 13.5 Å². The van der Waals surface area contributed by atoms with Crippen LogP contribution in [0.3, 0.4) is 0 Å². The van der Waals surface area contributed by atoms with Gasteiger partial charge in [0, 0.05) is 26.5 Å². The molecule has 0 atom stereocenters. The smallest absolute Gasteiger partial charge is 0.323 e. The van der Waals surface area contributed by atoms with E-state index in [1.165, 1.54) is 15.8 Å². The monoisotopic (exact) mass is 332 g/mol. The zero-order chi connectivity index (χ0) is 17.5. The van der Waals surface area contributed by atoms with Crippen molar-refractivity contribution < 1.29 is 14.3 Å². The largest absolute Gasteiger partial charge is 0.476 e. The minimum Gasteiger partial charge on any atom is -0.476 e. The molecule has 0 aliphatic rings. The zero-order valence-electron chi connectivity index (χ0n) is 13.8. The zero-order valence-corrected chi connectivity index (χ0v) is 13.8. The fraction of sp³-hybridized carbons (Fsp3) is 0.333. The number of hydrogen-bond acceptors (Lipinski definition) is 5. The van der Waals surface area contributed by atoms with Gasteiger partial charge in [-0.1, -0.05) is 0 Å². The van der Waals surface area contributed by atoms with E-state index in [1.54, 1.807) is 38.6 Å². The van der Waals surface area contributed by atoms with Gasteiger partial charge in [0.1, 0.15) is 12.2 Å². The van der Waals surface area contributed by atoms with Crippen molar-refractivity contribution in [1.82, 2.24) is 19.7 Å². The van der Waals surface area contributed by atoms with E-state index in [0.29, 0.717) is 23.9 Å². The summed E-state index contributed by atoms with van der Waals surface area (Å²) in [6, 6.07) is 2.93. The lowest BCUT2D eigenvalue weighted by atomic mass is 10.4. The molecule has 24 heavy (non-hydrogen) atoms. The third kappa shape index (κ3) is 4.70. The van der Waals surface area contributed by atoms with Crippen LogP contribution in [0, 0.1) is 0 Å². The van der Waals surface area contributed by atoms with Crippen LogP contribution in [-0.2, 0) is 11.3 Å². The topological polar surface area (TPSA) is 101 Å². The number of rotatable bonds is 6. The molecule has 2 rings (SSSR count). The summed E-state index contributed by atoms with van der Waals surface area (Å²) in [5, 5.41) is 9.34. The van der Waals surface area contributed by atoms with E-state index >= 15 is 0 Å². The summed E-state index contributed by atoms with van der Waals surface area (Å²) in [6.07, 6.45) is 4.63. The van der Waals surface area contributed by atoms with E-state index in [1.807, 2.05) is 6.92 Å². The molecule has 3 amide bonds. The van der Waals surface area contributed by atoms with Gasteiger partial charge in [0.2, 0.25) is 11.8 Å². The van der Waals surface area contributed by atoms with Gasteiger partial charge in [0.15, 0.2) is 0 Å². The predicted octanol–water partition coefficient (Wildman–Crippen LogP) is 1.41. The molecule has 2 N–H and O–H groups in total. The van der Waals surface area contributed by atoms with Gasteiger partial charge in [0.25, 0.3) is 0 Å². The number of amides is 3. The number of aromatic nitrogens is 3. The summed E-state index contributed by atoms with van der Waals surface area (Å²) in [5.74, 6) is 0.258. The number of urea groups is 1. The average molecular weight is 332 g/mol. The predicted molar refractivity (Wildman–Crippen MR) is 89.0 cm³/mol. The maximum absolute atomic E-state index is 12.1. The molecule has 0 aliphatic carbocycles. The number of hydrogen-bond donors (Lipinski definition) is 2. The van der Waals surface area contributed by atoms with Crippen LogP contribution in [0.4, 0.5) is 16.2 Å². The van der Waals surface area contributed by atoms with Crippen LogP contribution in [0.25, 0.3) is 0 Å². The molecule has 2 aromatic rings. The third-order valence-electron chi connectivity index (χ3n) is 2.99. The second-order valence-electron chi connectivity index (χ2n) is 5.08. The van der Waals surface area contributed by atoms with Crippen LogP contribution in [-0.4, -0.2) is 52.3 Å². The van der Waals surface area contributed by atoms with Crippen molar-refractivity contribution in [2.75, 3.05) is 31.3 Å². The molecule has 0 bridgehead atoms. The average Bonchev–Trinajstić information content (AvgIpc) is 2.96. The summed E-state index contributed by atoms with van der Waals surface area (Å²) < 4.78 is 6.80. The second-order valence-corrected chi connectivity index (χ2v) is 5.08. The first-order valence-electron chi connectivity index (χ1n) is 7.38. The number of carbonyl (C=O) groups is 2. The molecule has 0 saturated heterocycles. The minimum atomic E-state index is -0.456. The van der Waals surface area contributed by atoms with E-state index in [4.69, 9.17) is 4.74 Å². The number of anilines is 2. The maximum Gasteiger partial charge on any atom is 0.323 e. The molecule has 0 fully saturated rings. The Balaban J connectivity index is 1.96. The first kappa shape index (κ1) is 17.3. The SMILES string of the molecule is CCOc1ncccc1NC(=O)Nc1cnn(CC(=O)N(C)C)c1. The number of likely N-dealkylation sites (N-methyl/N-ethyl adjacent to an activating group) is 1. The Morgan fingerprint density at radius 1 is 1.33 bits per heavy atom. The van der Waals surface area contributed by atoms with E-state index in [9.17, 15) is 9.59 Å². The number of carbonyl (C=O) groups excluding carboxylic acids is 2. The summed E-state index contributed by atoms with van der Waals surface area (Å²) in [6.45, 7) is 2.38. The number of nitrogens with one attached hydrogen (secondary N) is 2. The lowest BCUT2D eigenvalue weighted by Crippen LogP contribution is -2.26. The van der Waals surface area contributed by atoms with Gasteiger partial charge in [-0.15, -0.1) is 0 Å². The second kappa shape index (κ2) is 7.95. The Morgan fingerprint density at radius 2 is 2.12 bits per heavy atom. The highest BCUT2D eigenvalue weighted by atomic mass is 16.5. The summed E-state index contributed by atoms with van der Waals surface area (Å²) in [7, 11) is 3.34. The van der Waals surface area contributed by atoms with Crippen LogP contribution in [0.5, 0.6) is 5.88 Å². The number of ether oxygens (including phenoxy) is 1. The summed E-state index contributed by atoms with van der Waals surface area (Å²) in [5.41, 5.74) is 0.938. The highest BCUT2D eigenvalue weighted by Gasteiger charge is 2.11. The van der Waals surface area contributed by atoms with Crippen LogP contribution in [0.1, 0.15) is 6.92 Å². The molecule has 2 heterocycles. The fourth-order valence-electron chi connectivity index (χ4n) is 1.82. The first-order valence-corrected chi connectivity index (χ1v) is 7.38. The Bertz CT molecular complexity index is 713. The Morgan fingerprint density at radius 3 is 2.83 bits per heavy atom. The summed E-state index contributed by atoms with van der Waals surface area (Å²) >= 11 is 0. The van der Waals surface area contributed by atoms with Crippen LogP contribution in [0.2, 0.25) is 0 Å². The van der Waals surface area contributed by atoms with Gasteiger partial charge in [-0.25, -0.2) is 9.78 Å². The molecule has 2 aromatic heterocycles. The number of pyridine rings is 1. The standard InChI is InChI=1S/C15H20N6O3/c1-4-24-14-12(6-5-7-16-14)19-15(23)18-11-8-17-21(9-11)10-13(22)20(2)3/h5-9H,4,10H2,1-3H3,(H2,18,19,23). The van der Waals surface area contributed by atoms with Crippen molar-refractivity contribution in [3.05, 3.63) is 30.7 Å². The molecule has 128 valence electrons. The van der Waals surface area contributed by atoms with Crippen LogP contribution >= 0.6 is 0 Å². The van der Waals surface area contributed by atoms with Crippen molar-refractivity contribution in [3.63, 3.8) is 0 Å². The molecule has 0 spiro atoms. The Labute approximate surface area is 139 Å². The lowest BCUT2D eigenvalue weighted by Gasteiger charge is -2.10. The molecule has 0 aliphatic heterocycles. The van der Waals surface area contributed by atoms with Crippen molar-refractivity contribution in [1.29, 1.82) is 0 Å². The van der Waals surface area contributed by atoms with Crippen molar-refractivity contribution in [3.8, 4) is 5.88 Å². The van der Waals surface area contributed by atoms with Gasteiger partial charge in [0.05, 0.1) is 18.5 Å². The van der Waals surface area contributed by atoms with E-state index in [-0.39, 0.29) is 12.5 Å². The lowest BCUT2D eigenvalue weighted by molar-refractivity contribution is -0.129. The van der Waals surface area contributed by atoms with Gasteiger partial charge < -0.3 is 20.3 Å². The quantitative estimate of drug-likeness (QED) is 0.833. The van der Waals surface area contributed by atoms with E-state index in [2.05, 4.69) is 20.7 Å². The van der Waals surface area contributed by atoms with Crippen molar-refractivity contribution in [2.24, 2.45) is 0 Å². The van der Waals surface area contributed by atoms with Gasteiger partial charge >= 0.3 is 6.03 Å². The highest BCUT2D eigenvalue weighted by molar-refractivity contribution is 6.00. The molecule has 9 nitrogen and oxygen atoms in total. The van der Waals surface area contributed by atoms with Crippen LogP contribution in [0.15, 0.2) is 30.7 Å². The minimum absolute atomic E-state index is 0.0918. The molecule has 9 heteroatoms.